The highest BCUT2D eigenvalue weighted by molar-refractivity contribution is 5.80. The lowest BCUT2D eigenvalue weighted by atomic mass is 10.2. The van der Waals surface area contributed by atoms with Crippen LogP contribution in [0.15, 0.2) is 30.5 Å². The van der Waals surface area contributed by atoms with Gasteiger partial charge in [0.05, 0.1) is 11.3 Å². The summed E-state index contributed by atoms with van der Waals surface area (Å²) in [5.74, 6) is -2.21. The lowest BCUT2D eigenvalue weighted by Crippen LogP contribution is -2.06. The van der Waals surface area contributed by atoms with Gasteiger partial charge in [-0.15, -0.1) is 0 Å². The molecule has 0 amide bonds. The average Bonchev–Trinajstić information content (AvgIpc) is 2.18. The van der Waals surface area contributed by atoms with Crippen LogP contribution in [0.5, 0.6) is 0 Å². The zero-order chi connectivity index (χ0) is 13.1. The normalized spacial score (nSPS) is 11.8. The average molecular weight is 249 g/mol. The summed E-state index contributed by atoms with van der Waals surface area (Å²) in [5.41, 5.74) is -1.47. The first-order chi connectivity index (χ1) is 7.80. The molecular formula is C10H7F4NO2. The topological polar surface area (TPSA) is 49.3 Å². The minimum atomic E-state index is -4.58. The molecule has 7 heteroatoms. The second-order valence-electron chi connectivity index (χ2n) is 3.01. The molecule has 0 radical (unpaired) electrons. The van der Waals surface area contributed by atoms with Crippen LogP contribution < -0.4 is 5.32 Å². The fraction of sp³-hybridized carbons (Fsp3) is 0.100. The van der Waals surface area contributed by atoms with Gasteiger partial charge in [-0.25, -0.2) is 9.18 Å². The van der Waals surface area contributed by atoms with E-state index in [2.05, 4.69) is 5.32 Å². The van der Waals surface area contributed by atoms with Crippen molar-refractivity contribution in [3.8, 4) is 0 Å². The summed E-state index contributed by atoms with van der Waals surface area (Å²) in [6.45, 7) is 0. The number of halogens is 4. The maximum atomic E-state index is 13.1. The molecule has 1 rings (SSSR count). The van der Waals surface area contributed by atoms with Crippen LogP contribution >= 0.6 is 0 Å². The van der Waals surface area contributed by atoms with E-state index in [9.17, 15) is 22.4 Å². The van der Waals surface area contributed by atoms with E-state index in [4.69, 9.17) is 5.11 Å². The SMILES string of the molecule is O=C(O)/C=C/Nc1cc(C(F)(F)F)ccc1F. The molecular weight excluding hydrogens is 242 g/mol. The molecule has 0 atom stereocenters. The number of benzene rings is 1. The molecule has 0 saturated heterocycles. The molecule has 0 aliphatic heterocycles. The number of alkyl halides is 3. The Balaban J connectivity index is 2.95. The van der Waals surface area contributed by atoms with Crippen LogP contribution in [0.25, 0.3) is 0 Å². The standard InChI is InChI=1S/C10H7F4NO2/c11-7-2-1-6(10(12,13)14)5-8(7)15-4-3-9(16)17/h1-5,15H,(H,16,17)/b4-3+. The molecule has 0 aliphatic carbocycles. The minimum absolute atomic E-state index is 0.447. The van der Waals surface area contributed by atoms with E-state index in [0.29, 0.717) is 24.3 Å². The summed E-state index contributed by atoms with van der Waals surface area (Å²) in [6.07, 6.45) is -3.11. The van der Waals surface area contributed by atoms with E-state index in [1.165, 1.54) is 0 Å². The van der Waals surface area contributed by atoms with Crippen LogP contribution in [0.1, 0.15) is 5.56 Å². The molecule has 0 bridgehead atoms. The highest BCUT2D eigenvalue weighted by atomic mass is 19.4. The van der Waals surface area contributed by atoms with Crippen molar-refractivity contribution in [3.05, 3.63) is 41.9 Å². The van der Waals surface area contributed by atoms with Gasteiger partial charge in [0.2, 0.25) is 0 Å². The highest BCUT2D eigenvalue weighted by Gasteiger charge is 2.31. The predicted molar refractivity (Wildman–Crippen MR) is 51.8 cm³/mol. The van der Waals surface area contributed by atoms with Crippen LogP contribution in [-0.2, 0) is 11.0 Å². The number of rotatable bonds is 3. The van der Waals surface area contributed by atoms with Crippen LogP contribution in [0.4, 0.5) is 23.2 Å². The van der Waals surface area contributed by atoms with Crippen LogP contribution in [0.2, 0.25) is 0 Å². The van der Waals surface area contributed by atoms with Gasteiger partial charge in [0.25, 0.3) is 0 Å². The lowest BCUT2D eigenvalue weighted by Gasteiger charge is -2.09. The maximum Gasteiger partial charge on any atom is 0.416 e. The third-order valence-electron chi connectivity index (χ3n) is 1.76. The summed E-state index contributed by atoms with van der Waals surface area (Å²) in [5, 5.41) is 10.4. The molecule has 17 heavy (non-hydrogen) atoms. The Morgan fingerprint density at radius 2 is 2.00 bits per heavy atom. The van der Waals surface area contributed by atoms with Crippen LogP contribution in [0, 0.1) is 5.82 Å². The van der Waals surface area contributed by atoms with E-state index in [0.717, 1.165) is 6.20 Å². The lowest BCUT2D eigenvalue weighted by molar-refractivity contribution is -0.137. The quantitative estimate of drug-likeness (QED) is 0.639. The van der Waals surface area contributed by atoms with E-state index in [1.54, 1.807) is 0 Å². The van der Waals surface area contributed by atoms with Gasteiger partial charge in [-0.05, 0) is 18.2 Å². The molecule has 0 spiro atoms. The maximum absolute atomic E-state index is 13.1. The number of hydrogen-bond acceptors (Lipinski definition) is 2. The molecule has 1 aromatic carbocycles. The van der Waals surface area contributed by atoms with Gasteiger partial charge in [-0.3, -0.25) is 0 Å². The van der Waals surface area contributed by atoms with Gasteiger partial charge < -0.3 is 10.4 Å². The fourth-order valence-electron chi connectivity index (χ4n) is 1.01. The van der Waals surface area contributed by atoms with Crippen molar-refractivity contribution in [3.63, 3.8) is 0 Å². The number of hydrogen-bond donors (Lipinski definition) is 2. The van der Waals surface area contributed by atoms with Gasteiger partial charge in [0, 0.05) is 12.3 Å². The Bertz CT molecular complexity index is 454. The van der Waals surface area contributed by atoms with Crippen molar-refractivity contribution in [1.29, 1.82) is 0 Å². The van der Waals surface area contributed by atoms with Crippen molar-refractivity contribution in [1.82, 2.24) is 0 Å². The molecule has 2 N–H and O–H groups in total. The summed E-state index contributed by atoms with van der Waals surface area (Å²) < 4.78 is 49.9. The molecule has 0 fully saturated rings. The third kappa shape index (κ3) is 3.78. The number of carboxylic acids is 1. The van der Waals surface area contributed by atoms with Crippen molar-refractivity contribution >= 4 is 11.7 Å². The Morgan fingerprint density at radius 1 is 1.35 bits per heavy atom. The molecule has 0 unspecified atom stereocenters. The Hall–Kier alpha value is -2.05. The second-order valence-corrected chi connectivity index (χ2v) is 3.01. The van der Waals surface area contributed by atoms with E-state index in [-0.39, 0.29) is 0 Å². The second kappa shape index (κ2) is 4.86. The van der Waals surface area contributed by atoms with Gasteiger partial charge in [0.1, 0.15) is 5.82 Å². The summed E-state index contributed by atoms with van der Waals surface area (Å²) >= 11 is 0. The van der Waals surface area contributed by atoms with Crippen LogP contribution in [-0.4, -0.2) is 11.1 Å². The predicted octanol–water partition coefficient (Wildman–Crippen LogP) is 2.85. The highest BCUT2D eigenvalue weighted by Crippen LogP contribution is 2.31. The van der Waals surface area contributed by atoms with Crippen molar-refractivity contribution < 1.29 is 27.5 Å². The van der Waals surface area contributed by atoms with Crippen molar-refractivity contribution in [2.75, 3.05) is 5.32 Å². The number of anilines is 1. The molecule has 0 aliphatic rings. The molecule has 0 aromatic heterocycles. The van der Waals surface area contributed by atoms with E-state index < -0.39 is 29.2 Å². The van der Waals surface area contributed by atoms with E-state index >= 15 is 0 Å². The van der Waals surface area contributed by atoms with Gasteiger partial charge in [-0.1, -0.05) is 0 Å². The Morgan fingerprint density at radius 3 is 2.53 bits per heavy atom. The fourth-order valence-corrected chi connectivity index (χ4v) is 1.01. The zero-order valence-corrected chi connectivity index (χ0v) is 8.25. The summed E-state index contributed by atoms with van der Waals surface area (Å²) in [4.78, 5) is 10.1. The first kappa shape index (κ1) is 13.0. The Kier molecular flexibility index (Phi) is 3.72. The zero-order valence-electron chi connectivity index (χ0n) is 8.25. The Labute approximate surface area is 93.4 Å². The molecule has 92 valence electrons. The largest absolute Gasteiger partial charge is 0.478 e. The number of aliphatic carboxylic acids is 1. The molecule has 3 nitrogen and oxygen atoms in total. The van der Waals surface area contributed by atoms with Gasteiger partial charge >= 0.3 is 12.1 Å². The first-order valence-corrected chi connectivity index (χ1v) is 4.33. The van der Waals surface area contributed by atoms with Crippen molar-refractivity contribution in [2.45, 2.75) is 6.18 Å². The number of carbonyl (C=O) groups is 1. The number of carboxylic acid groups (broad SMARTS) is 1. The number of nitrogens with one attached hydrogen (secondary N) is 1. The molecule has 1 aromatic rings. The van der Waals surface area contributed by atoms with Crippen LogP contribution in [0.3, 0.4) is 0 Å². The monoisotopic (exact) mass is 249 g/mol. The van der Waals surface area contributed by atoms with E-state index in [1.807, 2.05) is 0 Å². The summed E-state index contributed by atoms with van der Waals surface area (Å²) in [6, 6.07) is 1.81. The van der Waals surface area contributed by atoms with Gasteiger partial charge in [0.15, 0.2) is 0 Å². The minimum Gasteiger partial charge on any atom is -0.478 e. The first-order valence-electron chi connectivity index (χ1n) is 4.33. The molecule has 0 heterocycles. The van der Waals surface area contributed by atoms with Gasteiger partial charge in [-0.2, -0.15) is 13.2 Å². The molecule has 0 saturated carbocycles. The smallest absolute Gasteiger partial charge is 0.416 e. The third-order valence-corrected chi connectivity index (χ3v) is 1.76. The summed E-state index contributed by atoms with van der Waals surface area (Å²) in [7, 11) is 0. The van der Waals surface area contributed by atoms with Crippen molar-refractivity contribution in [2.24, 2.45) is 0 Å².